The Labute approximate surface area is 185 Å². The largest absolute Gasteiger partial charge is 0.494 e. The number of ether oxygens (including phenoxy) is 1. The van der Waals surface area contributed by atoms with E-state index in [1.165, 1.54) is 18.2 Å². The first-order valence-corrected chi connectivity index (χ1v) is 10.6. The van der Waals surface area contributed by atoms with E-state index in [0.717, 1.165) is 22.6 Å². The van der Waals surface area contributed by atoms with Gasteiger partial charge in [-0.05, 0) is 60.9 Å². The SMILES string of the molecule is CCOc1ccc(C2=C(N3CCc4ccccc43)C(=O)N(c3cccc(F)c3)C2=O)cc1. The minimum atomic E-state index is -0.509. The van der Waals surface area contributed by atoms with Crippen LogP contribution in [0.15, 0.2) is 78.5 Å². The van der Waals surface area contributed by atoms with Crippen LogP contribution in [0.4, 0.5) is 15.8 Å². The zero-order chi connectivity index (χ0) is 22.2. The van der Waals surface area contributed by atoms with Gasteiger partial charge in [-0.3, -0.25) is 9.59 Å². The molecule has 0 aromatic heterocycles. The van der Waals surface area contributed by atoms with Gasteiger partial charge in [0.25, 0.3) is 11.8 Å². The number of carbonyl (C=O) groups excluding carboxylic acids is 2. The van der Waals surface area contributed by atoms with Crippen LogP contribution in [-0.4, -0.2) is 25.0 Å². The number of rotatable bonds is 5. The number of benzene rings is 3. The fourth-order valence-electron chi connectivity index (χ4n) is 4.33. The summed E-state index contributed by atoms with van der Waals surface area (Å²) in [7, 11) is 0. The van der Waals surface area contributed by atoms with Gasteiger partial charge in [0.15, 0.2) is 0 Å². The van der Waals surface area contributed by atoms with Crippen molar-refractivity contribution in [1.29, 1.82) is 0 Å². The summed E-state index contributed by atoms with van der Waals surface area (Å²) in [6, 6.07) is 20.5. The second kappa shape index (κ2) is 7.96. The van der Waals surface area contributed by atoms with Crippen LogP contribution in [-0.2, 0) is 16.0 Å². The summed E-state index contributed by atoms with van der Waals surface area (Å²) >= 11 is 0. The number of hydrogen-bond acceptors (Lipinski definition) is 4. The first kappa shape index (κ1) is 20.0. The highest BCUT2D eigenvalue weighted by molar-refractivity contribution is 6.46. The van der Waals surface area contributed by atoms with Crippen LogP contribution in [0.25, 0.3) is 5.57 Å². The highest BCUT2D eigenvalue weighted by Crippen LogP contribution is 2.40. The van der Waals surface area contributed by atoms with Gasteiger partial charge >= 0.3 is 0 Å². The lowest BCUT2D eigenvalue weighted by molar-refractivity contribution is -0.120. The summed E-state index contributed by atoms with van der Waals surface area (Å²) in [6.07, 6.45) is 0.775. The fourth-order valence-corrected chi connectivity index (χ4v) is 4.33. The molecule has 0 aliphatic carbocycles. The summed E-state index contributed by atoms with van der Waals surface area (Å²) in [6.45, 7) is 3.02. The number of imide groups is 1. The van der Waals surface area contributed by atoms with E-state index in [-0.39, 0.29) is 5.69 Å². The average Bonchev–Trinajstić information content (AvgIpc) is 3.32. The molecule has 0 N–H and O–H groups in total. The van der Waals surface area contributed by atoms with Gasteiger partial charge in [0.05, 0.1) is 17.9 Å². The number of amides is 2. The third kappa shape index (κ3) is 3.24. The smallest absolute Gasteiger partial charge is 0.282 e. The van der Waals surface area contributed by atoms with E-state index in [4.69, 9.17) is 4.74 Å². The fraction of sp³-hybridized carbons (Fsp3) is 0.154. The van der Waals surface area contributed by atoms with Crippen LogP contribution in [0.1, 0.15) is 18.1 Å². The van der Waals surface area contributed by atoms with Crippen LogP contribution < -0.4 is 14.5 Å². The Hall–Kier alpha value is -3.93. The molecule has 2 aliphatic rings. The maximum absolute atomic E-state index is 13.9. The summed E-state index contributed by atoms with van der Waals surface area (Å²) in [5, 5.41) is 0. The molecular weight excluding hydrogens is 407 g/mol. The molecule has 0 spiro atoms. The lowest BCUT2D eigenvalue weighted by atomic mass is 10.0. The second-order valence-electron chi connectivity index (χ2n) is 7.64. The number of halogens is 1. The molecule has 6 heteroatoms. The lowest BCUT2D eigenvalue weighted by Crippen LogP contribution is -2.34. The Morgan fingerprint density at radius 1 is 0.938 bits per heavy atom. The molecule has 0 saturated carbocycles. The van der Waals surface area contributed by atoms with Crippen molar-refractivity contribution in [2.24, 2.45) is 0 Å². The Morgan fingerprint density at radius 2 is 1.72 bits per heavy atom. The quantitative estimate of drug-likeness (QED) is 0.559. The molecule has 0 unspecified atom stereocenters. The summed E-state index contributed by atoms with van der Waals surface area (Å²) < 4.78 is 19.4. The van der Waals surface area contributed by atoms with Gasteiger partial charge < -0.3 is 9.64 Å². The van der Waals surface area contributed by atoms with Gasteiger partial charge in [0.2, 0.25) is 0 Å². The number of fused-ring (bicyclic) bond motifs is 1. The lowest BCUT2D eigenvalue weighted by Gasteiger charge is -2.21. The monoisotopic (exact) mass is 428 g/mol. The molecule has 5 nitrogen and oxygen atoms in total. The molecule has 2 amide bonds. The van der Waals surface area contributed by atoms with Crippen molar-refractivity contribution in [2.45, 2.75) is 13.3 Å². The van der Waals surface area contributed by atoms with E-state index < -0.39 is 17.6 Å². The van der Waals surface area contributed by atoms with Crippen LogP contribution >= 0.6 is 0 Å². The van der Waals surface area contributed by atoms with Gasteiger partial charge in [-0.25, -0.2) is 9.29 Å². The van der Waals surface area contributed by atoms with Crippen molar-refractivity contribution in [2.75, 3.05) is 23.0 Å². The van der Waals surface area contributed by atoms with Gasteiger partial charge in [0.1, 0.15) is 17.3 Å². The van der Waals surface area contributed by atoms with E-state index >= 15 is 0 Å². The number of nitrogens with zero attached hydrogens (tertiary/aromatic N) is 2. The molecule has 2 aliphatic heterocycles. The van der Waals surface area contributed by atoms with Gasteiger partial charge in [-0.1, -0.05) is 36.4 Å². The van der Waals surface area contributed by atoms with E-state index in [1.54, 1.807) is 30.3 Å². The van der Waals surface area contributed by atoms with Crippen molar-refractivity contribution in [1.82, 2.24) is 0 Å². The highest BCUT2D eigenvalue weighted by atomic mass is 19.1. The van der Waals surface area contributed by atoms with Crippen molar-refractivity contribution in [3.63, 3.8) is 0 Å². The molecule has 0 fully saturated rings. The van der Waals surface area contributed by atoms with Gasteiger partial charge in [0, 0.05) is 12.2 Å². The number of carbonyl (C=O) groups is 2. The highest BCUT2D eigenvalue weighted by Gasteiger charge is 2.44. The predicted octanol–water partition coefficient (Wildman–Crippen LogP) is 4.57. The molecular formula is C26H21FN2O3. The molecule has 160 valence electrons. The third-order valence-electron chi connectivity index (χ3n) is 5.74. The first-order valence-electron chi connectivity index (χ1n) is 10.6. The molecule has 2 heterocycles. The maximum atomic E-state index is 13.9. The third-order valence-corrected chi connectivity index (χ3v) is 5.74. The molecule has 32 heavy (non-hydrogen) atoms. The molecule has 3 aromatic carbocycles. The van der Waals surface area contributed by atoms with Crippen LogP contribution in [0.5, 0.6) is 5.75 Å². The Bertz CT molecular complexity index is 1250. The summed E-state index contributed by atoms with van der Waals surface area (Å²) in [4.78, 5) is 30.2. The zero-order valence-electron chi connectivity index (χ0n) is 17.5. The van der Waals surface area contributed by atoms with E-state index in [9.17, 15) is 14.0 Å². The minimum Gasteiger partial charge on any atom is -0.494 e. The zero-order valence-corrected chi connectivity index (χ0v) is 17.5. The number of anilines is 2. The molecule has 0 radical (unpaired) electrons. The van der Waals surface area contributed by atoms with Crippen LogP contribution in [0.2, 0.25) is 0 Å². The first-order chi connectivity index (χ1) is 15.6. The van der Waals surface area contributed by atoms with Gasteiger partial charge in [-0.2, -0.15) is 0 Å². The topological polar surface area (TPSA) is 49.9 Å². The van der Waals surface area contributed by atoms with E-state index in [2.05, 4.69) is 0 Å². The Kier molecular flexibility index (Phi) is 4.98. The molecule has 5 rings (SSSR count). The van der Waals surface area contributed by atoms with Crippen molar-refractivity contribution >= 4 is 28.8 Å². The molecule has 0 atom stereocenters. The van der Waals surface area contributed by atoms with E-state index in [0.29, 0.717) is 35.7 Å². The summed E-state index contributed by atoms with van der Waals surface area (Å²) in [5.41, 5.74) is 3.48. The molecule has 0 bridgehead atoms. The van der Waals surface area contributed by atoms with Gasteiger partial charge in [-0.15, -0.1) is 0 Å². The molecule has 3 aromatic rings. The standard InChI is InChI=1S/C26H21FN2O3/c1-2-32-21-12-10-18(11-13-21)23-24(28-15-14-17-6-3-4-9-22(17)28)26(31)29(25(23)30)20-8-5-7-19(27)16-20/h3-13,16H,2,14-15H2,1H3. The minimum absolute atomic E-state index is 0.214. The maximum Gasteiger partial charge on any atom is 0.282 e. The second-order valence-corrected chi connectivity index (χ2v) is 7.64. The normalized spacial score (nSPS) is 15.6. The van der Waals surface area contributed by atoms with Crippen molar-refractivity contribution < 1.29 is 18.7 Å². The Morgan fingerprint density at radius 3 is 2.47 bits per heavy atom. The number of para-hydroxylation sites is 1. The number of hydrogen-bond donors (Lipinski definition) is 0. The van der Waals surface area contributed by atoms with E-state index in [1.807, 2.05) is 36.1 Å². The molecule has 0 saturated heterocycles. The average molecular weight is 428 g/mol. The van der Waals surface area contributed by atoms with Crippen LogP contribution in [0, 0.1) is 5.82 Å². The summed E-state index contributed by atoms with van der Waals surface area (Å²) in [5.74, 6) is -0.750. The predicted molar refractivity (Wildman–Crippen MR) is 121 cm³/mol. The van der Waals surface area contributed by atoms with Crippen LogP contribution in [0.3, 0.4) is 0 Å². The Balaban J connectivity index is 1.65. The van der Waals surface area contributed by atoms with Crippen molar-refractivity contribution in [3.8, 4) is 5.75 Å². The van der Waals surface area contributed by atoms with Crippen molar-refractivity contribution in [3.05, 3.63) is 95.4 Å².